The van der Waals surface area contributed by atoms with Crippen LogP contribution in [0.4, 0.5) is 11.8 Å². The number of nitrogens with two attached hydrogens (primary N) is 2. The second kappa shape index (κ2) is 13.8. The van der Waals surface area contributed by atoms with Gasteiger partial charge in [0.1, 0.15) is 24.0 Å². The summed E-state index contributed by atoms with van der Waals surface area (Å²) in [5.41, 5.74) is 11.4. The van der Waals surface area contributed by atoms with E-state index in [2.05, 4.69) is 20.6 Å². The minimum atomic E-state index is -1.30. The van der Waals surface area contributed by atoms with E-state index in [9.17, 15) is 19.8 Å². The lowest BCUT2D eigenvalue weighted by Gasteiger charge is -2.15. The van der Waals surface area contributed by atoms with Gasteiger partial charge in [-0.25, -0.2) is 0 Å². The maximum atomic E-state index is 10.7. The number of carboxylic acids is 2. The minimum absolute atomic E-state index is 0.00646. The standard InChI is InChI=1S/C18H34N6O7/c19-10(16(28)29)4-1-2-6-21-15-12(8-13(26)14(27)9-25)23-18(24-15)22-7-3-5-11(20)17(30)31/h10-11,13-14,21,25-27H,1-9,19-20H2,(H,28,29)(H,30,31)(H2,22,23,24)/t10-,11?,13?,14?/m0/s1. The number of aliphatic hydroxyl groups excluding tert-OH is 3. The van der Waals surface area contributed by atoms with Gasteiger partial charge in [0.2, 0.25) is 5.95 Å². The Hall–Kier alpha value is -2.45. The Bertz CT molecular complexity index is 686. The van der Waals surface area contributed by atoms with E-state index in [0.29, 0.717) is 62.7 Å². The van der Waals surface area contributed by atoms with E-state index < -0.39 is 42.8 Å². The van der Waals surface area contributed by atoms with Gasteiger partial charge in [0.25, 0.3) is 0 Å². The first kappa shape index (κ1) is 26.6. The molecule has 12 N–H and O–H groups in total. The fourth-order valence-corrected chi connectivity index (χ4v) is 2.73. The predicted molar refractivity (Wildman–Crippen MR) is 113 cm³/mol. The summed E-state index contributed by atoms with van der Waals surface area (Å²) in [5.74, 6) is -1.28. The first-order valence-electron chi connectivity index (χ1n) is 10.2. The van der Waals surface area contributed by atoms with E-state index in [-0.39, 0.29) is 6.42 Å². The number of carbonyl (C=O) groups is 2. The van der Waals surface area contributed by atoms with Crippen LogP contribution in [0.5, 0.6) is 0 Å². The Balaban J connectivity index is 2.63. The molecule has 1 aromatic heterocycles. The Morgan fingerprint density at radius 1 is 0.935 bits per heavy atom. The van der Waals surface area contributed by atoms with Crippen LogP contribution in [0.25, 0.3) is 0 Å². The molecule has 4 atom stereocenters. The average Bonchev–Trinajstić information content (AvgIpc) is 3.10. The Labute approximate surface area is 179 Å². The fourth-order valence-electron chi connectivity index (χ4n) is 2.73. The summed E-state index contributed by atoms with van der Waals surface area (Å²) >= 11 is 0. The molecule has 13 nitrogen and oxygen atoms in total. The van der Waals surface area contributed by atoms with Crippen LogP contribution in [0.3, 0.4) is 0 Å². The van der Waals surface area contributed by atoms with E-state index in [0.717, 1.165) is 0 Å². The summed E-state index contributed by atoms with van der Waals surface area (Å²) in [6.07, 6.45) is -0.123. The van der Waals surface area contributed by atoms with Gasteiger partial charge in [-0.1, -0.05) is 0 Å². The van der Waals surface area contributed by atoms with Crippen molar-refractivity contribution < 1.29 is 35.1 Å². The number of aromatic nitrogens is 2. The number of aromatic amines is 1. The first-order valence-corrected chi connectivity index (χ1v) is 10.2. The maximum Gasteiger partial charge on any atom is 0.320 e. The van der Waals surface area contributed by atoms with Gasteiger partial charge >= 0.3 is 11.9 Å². The van der Waals surface area contributed by atoms with Crippen molar-refractivity contribution in [2.24, 2.45) is 11.5 Å². The molecule has 0 saturated carbocycles. The summed E-state index contributed by atoms with van der Waals surface area (Å²) in [4.78, 5) is 28.8. The third-order valence-electron chi connectivity index (χ3n) is 4.68. The van der Waals surface area contributed by atoms with Gasteiger partial charge < -0.3 is 52.6 Å². The van der Waals surface area contributed by atoms with Gasteiger partial charge in [-0.3, -0.25) is 9.59 Å². The third-order valence-corrected chi connectivity index (χ3v) is 4.68. The van der Waals surface area contributed by atoms with Crippen molar-refractivity contribution in [3.05, 3.63) is 5.69 Å². The zero-order valence-corrected chi connectivity index (χ0v) is 17.3. The molecule has 0 bridgehead atoms. The van der Waals surface area contributed by atoms with Crippen molar-refractivity contribution in [3.63, 3.8) is 0 Å². The number of imidazole rings is 1. The highest BCUT2D eigenvalue weighted by molar-refractivity contribution is 5.73. The second-order valence-electron chi connectivity index (χ2n) is 7.31. The van der Waals surface area contributed by atoms with Gasteiger partial charge in [0.15, 0.2) is 0 Å². The summed E-state index contributed by atoms with van der Waals surface area (Å²) in [5, 5.41) is 52.3. The first-order chi connectivity index (χ1) is 14.6. The Morgan fingerprint density at radius 3 is 2.10 bits per heavy atom. The zero-order chi connectivity index (χ0) is 23.4. The van der Waals surface area contributed by atoms with Crippen LogP contribution < -0.4 is 22.1 Å². The molecule has 13 heteroatoms. The number of carboxylic acid groups (broad SMARTS) is 2. The molecule has 31 heavy (non-hydrogen) atoms. The van der Waals surface area contributed by atoms with Gasteiger partial charge in [-0.2, -0.15) is 4.98 Å². The molecular weight excluding hydrogens is 412 g/mol. The number of aliphatic carboxylic acids is 2. The predicted octanol–water partition coefficient (Wildman–Crippen LogP) is -1.74. The number of anilines is 2. The van der Waals surface area contributed by atoms with Gasteiger partial charge in [0.05, 0.1) is 18.4 Å². The molecule has 0 saturated heterocycles. The lowest BCUT2D eigenvalue weighted by Crippen LogP contribution is -2.31. The number of nitrogens with zero attached hydrogens (tertiary/aromatic N) is 1. The molecule has 0 aliphatic heterocycles. The van der Waals surface area contributed by atoms with Crippen LogP contribution in [0, 0.1) is 0 Å². The van der Waals surface area contributed by atoms with Crippen LogP contribution in [-0.4, -0.2) is 91.4 Å². The van der Waals surface area contributed by atoms with Crippen molar-refractivity contribution in [2.45, 2.75) is 62.8 Å². The lowest BCUT2D eigenvalue weighted by atomic mass is 10.1. The highest BCUT2D eigenvalue weighted by Crippen LogP contribution is 2.19. The molecule has 0 aliphatic carbocycles. The van der Waals surface area contributed by atoms with E-state index in [1.807, 2.05) is 0 Å². The molecule has 1 aromatic rings. The number of hydrogen-bond acceptors (Lipinski definition) is 10. The third kappa shape index (κ3) is 9.93. The van der Waals surface area contributed by atoms with Crippen molar-refractivity contribution in [1.29, 1.82) is 0 Å². The molecule has 0 spiro atoms. The summed E-state index contributed by atoms with van der Waals surface area (Å²) < 4.78 is 0. The Morgan fingerprint density at radius 2 is 1.52 bits per heavy atom. The number of rotatable bonds is 17. The lowest BCUT2D eigenvalue weighted by molar-refractivity contribution is -0.139. The molecule has 0 radical (unpaired) electrons. The smallest absolute Gasteiger partial charge is 0.320 e. The summed E-state index contributed by atoms with van der Waals surface area (Å²) in [7, 11) is 0. The molecule has 3 unspecified atom stereocenters. The molecule has 1 heterocycles. The van der Waals surface area contributed by atoms with Gasteiger partial charge in [0, 0.05) is 19.5 Å². The number of unbranched alkanes of at least 4 members (excludes halogenated alkanes) is 1. The molecule has 0 fully saturated rings. The van der Waals surface area contributed by atoms with Gasteiger partial charge in [-0.15, -0.1) is 0 Å². The van der Waals surface area contributed by atoms with E-state index >= 15 is 0 Å². The monoisotopic (exact) mass is 446 g/mol. The Kier molecular flexibility index (Phi) is 11.8. The fraction of sp³-hybridized carbons (Fsp3) is 0.722. The van der Waals surface area contributed by atoms with Crippen molar-refractivity contribution in [2.75, 3.05) is 30.3 Å². The highest BCUT2D eigenvalue weighted by Gasteiger charge is 2.20. The second-order valence-corrected chi connectivity index (χ2v) is 7.31. The van der Waals surface area contributed by atoms with E-state index in [1.54, 1.807) is 0 Å². The zero-order valence-electron chi connectivity index (χ0n) is 17.3. The average molecular weight is 447 g/mol. The van der Waals surface area contributed by atoms with E-state index in [1.165, 1.54) is 0 Å². The van der Waals surface area contributed by atoms with Crippen LogP contribution >= 0.6 is 0 Å². The molecular formula is C18H34N6O7. The summed E-state index contributed by atoms with van der Waals surface area (Å²) in [6, 6.07) is -1.84. The van der Waals surface area contributed by atoms with Crippen LogP contribution in [0.1, 0.15) is 37.8 Å². The van der Waals surface area contributed by atoms with Crippen molar-refractivity contribution >= 4 is 23.7 Å². The quantitative estimate of drug-likeness (QED) is 0.120. The van der Waals surface area contributed by atoms with E-state index in [4.69, 9.17) is 26.8 Å². The topological polar surface area (TPSA) is 240 Å². The molecule has 0 aliphatic rings. The molecule has 1 rings (SSSR count). The normalized spacial score (nSPS) is 15.1. The van der Waals surface area contributed by atoms with Crippen LogP contribution in [-0.2, 0) is 16.0 Å². The SMILES string of the molecule is NC(CCCNc1nc(NCCCC[C@H](N)C(=O)O)c(CC(O)C(O)CO)[nH]1)C(=O)O. The number of nitrogens with one attached hydrogen (secondary N) is 3. The number of aliphatic hydroxyl groups is 3. The van der Waals surface area contributed by atoms with Gasteiger partial charge in [-0.05, 0) is 32.1 Å². The summed E-state index contributed by atoms with van der Waals surface area (Å²) in [6.45, 7) is 0.314. The van der Waals surface area contributed by atoms with Crippen LogP contribution in [0.2, 0.25) is 0 Å². The number of H-pyrrole nitrogens is 1. The molecule has 0 amide bonds. The highest BCUT2D eigenvalue weighted by atomic mass is 16.4. The van der Waals surface area contributed by atoms with Crippen LogP contribution in [0.15, 0.2) is 0 Å². The van der Waals surface area contributed by atoms with Crippen molar-refractivity contribution in [1.82, 2.24) is 9.97 Å². The minimum Gasteiger partial charge on any atom is -0.480 e. The molecule has 0 aromatic carbocycles. The molecule has 178 valence electrons. The number of hydrogen-bond donors (Lipinski definition) is 10. The maximum absolute atomic E-state index is 10.7. The van der Waals surface area contributed by atoms with Crippen molar-refractivity contribution in [3.8, 4) is 0 Å². The largest absolute Gasteiger partial charge is 0.480 e.